The molecule has 0 spiro atoms. The summed E-state index contributed by atoms with van der Waals surface area (Å²) in [6, 6.07) is 16.5. The molecule has 1 aromatic heterocycles. The number of H-pyrrole nitrogens is 1. The molecule has 3 heterocycles. The third-order valence-electron chi connectivity index (χ3n) is 8.89. The highest BCUT2D eigenvalue weighted by Gasteiger charge is 2.36. The highest BCUT2D eigenvalue weighted by Crippen LogP contribution is 2.33. The number of carbonyl (C=O) groups is 2. The summed E-state index contributed by atoms with van der Waals surface area (Å²) >= 11 is 0. The standard InChI is InChI=1S/C34H44N6O3/c1-34(2,33(42)38-17-14-35-15-18-38)43-31-7-3-6-30(19-31)39-16-4-5-28(24-39)32(41)40(22-25-8-9-25)23-26-10-12-27(13-11-26)29-20-36-37-21-29/h3,6-7,10-13,19-21,25,28,35H,4-5,8-9,14-18,22-24H2,1-2H3,(H,36,37)/t28-/m1/s1. The van der Waals surface area contributed by atoms with Crippen LogP contribution in [0, 0.1) is 11.8 Å². The summed E-state index contributed by atoms with van der Waals surface area (Å²) in [6.45, 7) is 9.76. The van der Waals surface area contributed by atoms with Crippen molar-refractivity contribution in [3.63, 3.8) is 0 Å². The fourth-order valence-corrected chi connectivity index (χ4v) is 6.28. The van der Waals surface area contributed by atoms with Gasteiger partial charge in [-0.15, -0.1) is 0 Å². The minimum atomic E-state index is -0.962. The van der Waals surface area contributed by atoms with E-state index in [0.29, 0.717) is 37.8 Å². The average molecular weight is 585 g/mol. The smallest absolute Gasteiger partial charge is 0.266 e. The molecule has 0 radical (unpaired) electrons. The number of rotatable bonds is 10. The molecule has 2 saturated heterocycles. The lowest BCUT2D eigenvalue weighted by Crippen LogP contribution is -2.54. The number of hydrogen-bond acceptors (Lipinski definition) is 6. The first-order chi connectivity index (χ1) is 20.9. The van der Waals surface area contributed by atoms with Gasteiger partial charge in [0.25, 0.3) is 5.91 Å². The van der Waals surface area contributed by atoms with E-state index in [-0.39, 0.29) is 17.7 Å². The normalized spacial score (nSPS) is 19.3. The summed E-state index contributed by atoms with van der Waals surface area (Å²) in [5.41, 5.74) is 3.39. The molecule has 2 aliphatic heterocycles. The molecule has 3 aliphatic rings. The highest BCUT2D eigenvalue weighted by atomic mass is 16.5. The summed E-state index contributed by atoms with van der Waals surface area (Å²) in [4.78, 5) is 33.5. The fraction of sp³-hybridized carbons (Fsp3) is 0.500. The second kappa shape index (κ2) is 12.8. The Labute approximate surface area is 254 Å². The Hall–Kier alpha value is -3.85. The third kappa shape index (κ3) is 7.21. The first-order valence-corrected chi connectivity index (χ1v) is 15.8. The maximum Gasteiger partial charge on any atom is 0.266 e. The monoisotopic (exact) mass is 584 g/mol. The first kappa shape index (κ1) is 29.2. The zero-order chi connectivity index (χ0) is 29.8. The van der Waals surface area contributed by atoms with Crippen LogP contribution in [0.2, 0.25) is 0 Å². The number of aromatic nitrogens is 2. The van der Waals surface area contributed by atoms with Gasteiger partial charge in [-0.1, -0.05) is 30.3 Å². The van der Waals surface area contributed by atoms with Gasteiger partial charge >= 0.3 is 0 Å². The molecule has 0 unspecified atom stereocenters. The summed E-state index contributed by atoms with van der Waals surface area (Å²) in [5, 5.41) is 10.2. The van der Waals surface area contributed by atoms with Crippen LogP contribution in [-0.2, 0) is 16.1 Å². The Bertz CT molecular complexity index is 1380. The van der Waals surface area contributed by atoms with E-state index >= 15 is 0 Å². The van der Waals surface area contributed by atoms with Gasteiger partial charge in [0.2, 0.25) is 5.91 Å². The number of benzene rings is 2. The third-order valence-corrected chi connectivity index (χ3v) is 8.89. The molecule has 1 atom stereocenters. The van der Waals surface area contributed by atoms with E-state index < -0.39 is 5.60 Å². The largest absolute Gasteiger partial charge is 0.478 e. The summed E-state index contributed by atoms with van der Waals surface area (Å²) in [6.07, 6.45) is 8.00. The zero-order valence-electron chi connectivity index (χ0n) is 25.4. The number of nitrogens with one attached hydrogen (secondary N) is 2. The average Bonchev–Trinajstić information content (AvgIpc) is 3.69. The molecule has 0 bridgehead atoms. The number of carbonyl (C=O) groups excluding carboxylic acids is 2. The molecule has 3 fully saturated rings. The maximum absolute atomic E-state index is 14.0. The van der Waals surface area contributed by atoms with Crippen molar-refractivity contribution in [1.29, 1.82) is 0 Å². The lowest BCUT2D eigenvalue weighted by molar-refractivity contribution is -0.146. The first-order valence-electron chi connectivity index (χ1n) is 15.8. The van der Waals surface area contributed by atoms with Crippen molar-refractivity contribution in [2.75, 3.05) is 50.7 Å². The zero-order valence-corrected chi connectivity index (χ0v) is 25.4. The van der Waals surface area contributed by atoms with Crippen molar-refractivity contribution in [2.45, 2.75) is 51.7 Å². The number of aromatic amines is 1. The number of ether oxygens (including phenoxy) is 1. The van der Waals surface area contributed by atoms with Crippen LogP contribution in [0.4, 0.5) is 5.69 Å². The minimum absolute atomic E-state index is 0.00917. The van der Waals surface area contributed by atoms with Crippen LogP contribution in [0.1, 0.15) is 45.1 Å². The number of hydrogen-bond donors (Lipinski definition) is 2. The van der Waals surface area contributed by atoms with E-state index in [9.17, 15) is 9.59 Å². The van der Waals surface area contributed by atoms with E-state index in [0.717, 1.165) is 61.4 Å². The van der Waals surface area contributed by atoms with Gasteiger partial charge in [-0.3, -0.25) is 14.7 Å². The number of nitrogens with zero attached hydrogens (tertiary/aromatic N) is 4. The minimum Gasteiger partial charge on any atom is -0.478 e. The van der Waals surface area contributed by atoms with Crippen molar-refractivity contribution in [3.8, 4) is 16.9 Å². The Balaban J connectivity index is 1.11. The Morgan fingerprint density at radius 3 is 2.53 bits per heavy atom. The SMILES string of the molecule is CC(C)(Oc1cccc(N2CCC[C@@H](C(=O)N(Cc3ccc(-c4cn[nH]c4)cc3)CC3CC3)C2)c1)C(=O)N1CCNCC1. The predicted octanol–water partition coefficient (Wildman–Crippen LogP) is 4.32. The molecule has 1 saturated carbocycles. The second-order valence-corrected chi connectivity index (χ2v) is 12.8. The maximum atomic E-state index is 14.0. The van der Waals surface area contributed by atoms with Crippen molar-refractivity contribution < 1.29 is 14.3 Å². The lowest BCUT2D eigenvalue weighted by Gasteiger charge is -2.37. The Morgan fingerprint density at radius 2 is 1.81 bits per heavy atom. The van der Waals surface area contributed by atoms with Crippen LogP contribution >= 0.6 is 0 Å². The number of piperidine rings is 1. The fourth-order valence-electron chi connectivity index (χ4n) is 6.28. The Kier molecular flexibility index (Phi) is 8.70. The van der Waals surface area contributed by atoms with Gasteiger partial charge in [0.15, 0.2) is 5.60 Å². The van der Waals surface area contributed by atoms with Crippen LogP contribution in [0.15, 0.2) is 60.9 Å². The van der Waals surface area contributed by atoms with Gasteiger partial charge in [-0.2, -0.15) is 5.10 Å². The van der Waals surface area contributed by atoms with E-state index in [1.165, 1.54) is 12.8 Å². The van der Waals surface area contributed by atoms with E-state index in [2.05, 4.69) is 55.6 Å². The molecule has 43 heavy (non-hydrogen) atoms. The van der Waals surface area contributed by atoms with Crippen molar-refractivity contribution in [3.05, 3.63) is 66.5 Å². The molecular formula is C34H44N6O3. The van der Waals surface area contributed by atoms with Crippen LogP contribution in [0.3, 0.4) is 0 Å². The van der Waals surface area contributed by atoms with Gasteiger partial charge in [-0.05, 0) is 68.7 Å². The molecule has 228 valence electrons. The summed E-state index contributed by atoms with van der Waals surface area (Å²) in [5.74, 6) is 1.51. The number of piperazine rings is 1. The topological polar surface area (TPSA) is 93.8 Å². The van der Waals surface area contributed by atoms with Crippen LogP contribution in [0.25, 0.3) is 11.1 Å². The molecular weight excluding hydrogens is 540 g/mol. The summed E-state index contributed by atoms with van der Waals surface area (Å²) < 4.78 is 6.29. The van der Waals surface area contributed by atoms with Crippen molar-refractivity contribution >= 4 is 17.5 Å². The Morgan fingerprint density at radius 1 is 1.02 bits per heavy atom. The van der Waals surface area contributed by atoms with E-state index in [4.69, 9.17) is 4.74 Å². The van der Waals surface area contributed by atoms with Crippen molar-refractivity contribution in [2.24, 2.45) is 11.8 Å². The highest BCUT2D eigenvalue weighted by molar-refractivity contribution is 5.85. The predicted molar refractivity (Wildman–Crippen MR) is 168 cm³/mol. The van der Waals surface area contributed by atoms with E-state index in [1.54, 1.807) is 0 Å². The molecule has 3 aromatic rings. The molecule has 6 rings (SSSR count). The van der Waals surface area contributed by atoms with Crippen molar-refractivity contribution in [1.82, 2.24) is 25.3 Å². The van der Waals surface area contributed by atoms with Gasteiger partial charge in [0, 0.05) is 75.9 Å². The summed E-state index contributed by atoms with van der Waals surface area (Å²) in [7, 11) is 0. The van der Waals surface area contributed by atoms with Gasteiger partial charge in [0.1, 0.15) is 5.75 Å². The molecule has 2 N–H and O–H groups in total. The lowest BCUT2D eigenvalue weighted by atomic mass is 9.95. The quantitative estimate of drug-likeness (QED) is 0.369. The van der Waals surface area contributed by atoms with Gasteiger partial charge < -0.3 is 24.8 Å². The number of amides is 2. The molecule has 9 nitrogen and oxygen atoms in total. The molecule has 2 amide bonds. The van der Waals surface area contributed by atoms with Crippen LogP contribution in [-0.4, -0.2) is 83.2 Å². The number of anilines is 1. The van der Waals surface area contributed by atoms with Gasteiger partial charge in [-0.25, -0.2) is 0 Å². The molecule has 1 aliphatic carbocycles. The van der Waals surface area contributed by atoms with Crippen LogP contribution in [0.5, 0.6) is 5.75 Å². The van der Waals surface area contributed by atoms with E-state index in [1.807, 2.05) is 49.3 Å². The van der Waals surface area contributed by atoms with Crippen LogP contribution < -0.4 is 15.0 Å². The second-order valence-electron chi connectivity index (χ2n) is 12.8. The molecule has 9 heteroatoms. The molecule has 2 aromatic carbocycles. The van der Waals surface area contributed by atoms with Gasteiger partial charge in [0.05, 0.1) is 12.1 Å².